The number of rotatable bonds is 6. The zero-order chi connectivity index (χ0) is 21.4. The van der Waals surface area contributed by atoms with E-state index in [1.165, 1.54) is 12.3 Å². The lowest BCUT2D eigenvalue weighted by Gasteiger charge is -2.22. The minimum Gasteiger partial charge on any atom is -0.448 e. The number of nitrogens with one attached hydrogen (secondary N) is 1. The highest BCUT2D eigenvalue weighted by molar-refractivity contribution is 7.83. The summed E-state index contributed by atoms with van der Waals surface area (Å²) >= 11 is 0. The van der Waals surface area contributed by atoms with Crippen molar-refractivity contribution in [3.8, 4) is 11.1 Å². The maximum Gasteiger partial charge on any atom is 0.410 e. The third-order valence-electron chi connectivity index (χ3n) is 5.42. The van der Waals surface area contributed by atoms with Crippen LogP contribution in [0.1, 0.15) is 34.6 Å². The number of carbonyl (C=O) groups excluding carboxylic acids is 2. The Balaban J connectivity index is 1.83. The predicted octanol–water partition coefficient (Wildman–Crippen LogP) is 4.18. The van der Waals surface area contributed by atoms with E-state index in [1.54, 1.807) is 17.0 Å². The third kappa shape index (κ3) is 3.52. The van der Waals surface area contributed by atoms with Gasteiger partial charge in [-0.3, -0.25) is 13.9 Å². The summed E-state index contributed by atoms with van der Waals surface area (Å²) in [5.41, 5.74) is 3.42. The number of aromatic nitrogens is 1. The van der Waals surface area contributed by atoms with Crippen LogP contribution in [0.5, 0.6) is 0 Å². The summed E-state index contributed by atoms with van der Waals surface area (Å²) in [5.74, 6) is -0.327. The number of cyclic esters (lactones) is 1. The Kier molecular flexibility index (Phi) is 5.42. The second kappa shape index (κ2) is 8.02. The van der Waals surface area contributed by atoms with Gasteiger partial charge in [0, 0.05) is 33.6 Å². The zero-order valence-electron chi connectivity index (χ0n) is 16.6. The summed E-state index contributed by atoms with van der Waals surface area (Å²) < 4.78 is 31.1. The lowest BCUT2D eigenvalue weighted by atomic mass is 9.98. The number of ether oxygens (including phenoxy) is 1. The zero-order valence-corrected chi connectivity index (χ0v) is 17.4. The molecule has 0 saturated carbocycles. The summed E-state index contributed by atoms with van der Waals surface area (Å²) in [6.45, 7) is 2.75. The van der Waals surface area contributed by atoms with Crippen molar-refractivity contribution in [3.63, 3.8) is 0 Å². The normalized spacial score (nSPS) is 16.0. The Morgan fingerprint density at radius 3 is 2.77 bits per heavy atom. The molecule has 2 unspecified atom stereocenters. The van der Waals surface area contributed by atoms with Crippen LogP contribution in [0, 0.1) is 5.82 Å². The average molecular weight is 428 g/mol. The largest absolute Gasteiger partial charge is 0.448 e. The molecule has 156 valence electrons. The van der Waals surface area contributed by atoms with Crippen molar-refractivity contribution in [2.75, 3.05) is 19.4 Å². The first-order chi connectivity index (χ1) is 14.4. The average Bonchev–Trinajstić information content (AvgIpc) is 3.31. The van der Waals surface area contributed by atoms with Crippen molar-refractivity contribution in [2.24, 2.45) is 0 Å². The first kappa shape index (κ1) is 20.3. The van der Waals surface area contributed by atoms with Gasteiger partial charge in [-0.05, 0) is 24.1 Å². The highest BCUT2D eigenvalue weighted by atomic mass is 32.2. The fraction of sp³-hybridized carbons (Fsp3) is 0.273. The van der Waals surface area contributed by atoms with Gasteiger partial charge in [0.2, 0.25) is 0 Å². The van der Waals surface area contributed by atoms with Crippen LogP contribution in [0.3, 0.4) is 0 Å². The summed E-state index contributed by atoms with van der Waals surface area (Å²) in [5, 5.41) is 0.764. The quantitative estimate of drug-likeness (QED) is 0.598. The van der Waals surface area contributed by atoms with Gasteiger partial charge >= 0.3 is 6.09 Å². The van der Waals surface area contributed by atoms with Crippen molar-refractivity contribution >= 4 is 34.1 Å². The van der Waals surface area contributed by atoms with E-state index in [9.17, 15) is 18.2 Å². The van der Waals surface area contributed by atoms with E-state index in [4.69, 9.17) is 4.74 Å². The molecule has 0 radical (unpaired) electrons. The first-order valence-electron chi connectivity index (χ1n) is 9.52. The number of carbonyl (C=O) groups is 2. The van der Waals surface area contributed by atoms with Crippen LogP contribution in [0.15, 0.2) is 36.4 Å². The summed E-state index contributed by atoms with van der Waals surface area (Å²) in [4.78, 5) is 28.6. The molecule has 0 spiro atoms. The Labute approximate surface area is 175 Å². The van der Waals surface area contributed by atoms with Gasteiger partial charge in [0.1, 0.15) is 12.4 Å². The van der Waals surface area contributed by atoms with E-state index in [1.807, 2.05) is 25.1 Å². The molecule has 1 saturated heterocycles. The Morgan fingerprint density at radius 1 is 1.33 bits per heavy atom. The molecule has 30 heavy (non-hydrogen) atoms. The number of amides is 1. The van der Waals surface area contributed by atoms with E-state index in [0.717, 1.165) is 16.5 Å². The fourth-order valence-corrected chi connectivity index (χ4v) is 4.64. The van der Waals surface area contributed by atoms with Crippen molar-refractivity contribution in [3.05, 3.63) is 59.0 Å². The molecular weight excluding hydrogens is 407 g/mol. The molecule has 6 nitrogen and oxygen atoms in total. The van der Waals surface area contributed by atoms with Crippen LogP contribution >= 0.6 is 0 Å². The van der Waals surface area contributed by atoms with Crippen LogP contribution in [0.4, 0.5) is 9.18 Å². The number of hydrogen-bond acceptors (Lipinski definition) is 4. The van der Waals surface area contributed by atoms with Gasteiger partial charge in [0.15, 0.2) is 6.29 Å². The molecule has 0 bridgehead atoms. The van der Waals surface area contributed by atoms with E-state index in [2.05, 4.69) is 4.98 Å². The maximum atomic E-state index is 14.6. The van der Waals surface area contributed by atoms with E-state index in [0.29, 0.717) is 41.8 Å². The van der Waals surface area contributed by atoms with Crippen LogP contribution in [-0.2, 0) is 21.3 Å². The SMILES string of the molecule is CC(c1cccc2c(-c3ccc(CS(C)=O)c(F)c3)c(C=O)[nH]c12)N1CCOC1=O. The Morgan fingerprint density at radius 2 is 2.13 bits per heavy atom. The maximum absolute atomic E-state index is 14.6. The lowest BCUT2D eigenvalue weighted by molar-refractivity contribution is 0.112. The summed E-state index contributed by atoms with van der Waals surface area (Å²) in [6, 6.07) is 10.1. The number of aldehydes is 1. The number of nitrogens with zero attached hydrogens (tertiary/aromatic N) is 1. The van der Waals surface area contributed by atoms with Crippen molar-refractivity contribution < 1.29 is 22.9 Å². The molecular formula is C22H21FN2O4S. The van der Waals surface area contributed by atoms with Crippen LogP contribution < -0.4 is 0 Å². The molecule has 1 fully saturated rings. The van der Waals surface area contributed by atoms with Crippen LogP contribution in [0.2, 0.25) is 0 Å². The number of H-pyrrole nitrogens is 1. The molecule has 1 aromatic heterocycles. The molecule has 1 aliphatic heterocycles. The molecule has 3 aromatic rings. The summed E-state index contributed by atoms with van der Waals surface area (Å²) in [7, 11) is -1.16. The van der Waals surface area contributed by atoms with Gasteiger partial charge in [-0.15, -0.1) is 0 Å². The number of benzene rings is 2. The van der Waals surface area contributed by atoms with Gasteiger partial charge in [-0.25, -0.2) is 9.18 Å². The van der Waals surface area contributed by atoms with Gasteiger partial charge in [0.25, 0.3) is 0 Å². The van der Waals surface area contributed by atoms with Crippen molar-refractivity contribution in [1.82, 2.24) is 9.88 Å². The minimum absolute atomic E-state index is 0.133. The molecule has 2 heterocycles. The molecule has 1 amide bonds. The highest BCUT2D eigenvalue weighted by Gasteiger charge is 2.29. The number of halogens is 1. The number of aromatic amines is 1. The predicted molar refractivity (Wildman–Crippen MR) is 113 cm³/mol. The standard InChI is InChI=1S/C22H21FN2O4S/c1-13(25-8-9-29-22(25)27)16-4-3-5-17-20(19(11-26)24-21(16)17)14-6-7-15(12-30(2)28)18(23)10-14/h3-7,10-11,13,24H,8-9,12H2,1-2H3. The topological polar surface area (TPSA) is 79.5 Å². The van der Waals surface area contributed by atoms with Crippen molar-refractivity contribution in [1.29, 1.82) is 0 Å². The smallest absolute Gasteiger partial charge is 0.410 e. The molecule has 1 aliphatic rings. The summed E-state index contributed by atoms with van der Waals surface area (Å²) in [6.07, 6.45) is 1.87. The molecule has 2 aromatic carbocycles. The van der Waals surface area contributed by atoms with Crippen LogP contribution in [-0.4, -0.2) is 45.9 Å². The number of para-hydroxylation sites is 1. The van der Waals surface area contributed by atoms with Gasteiger partial charge in [-0.2, -0.15) is 0 Å². The van der Waals surface area contributed by atoms with Gasteiger partial charge < -0.3 is 9.72 Å². The number of hydrogen-bond donors (Lipinski definition) is 1. The third-order valence-corrected chi connectivity index (χ3v) is 6.14. The van der Waals surface area contributed by atoms with E-state index < -0.39 is 16.6 Å². The Hall–Kier alpha value is -3.00. The van der Waals surface area contributed by atoms with Crippen LogP contribution in [0.25, 0.3) is 22.0 Å². The minimum atomic E-state index is -1.16. The van der Waals surface area contributed by atoms with E-state index >= 15 is 0 Å². The first-order valence-corrected chi connectivity index (χ1v) is 11.3. The fourth-order valence-electron chi connectivity index (χ4n) is 3.97. The highest BCUT2D eigenvalue weighted by Crippen LogP contribution is 2.37. The monoisotopic (exact) mass is 428 g/mol. The van der Waals surface area contributed by atoms with E-state index in [-0.39, 0.29) is 17.9 Å². The second-order valence-corrected chi connectivity index (χ2v) is 8.74. The van der Waals surface area contributed by atoms with Gasteiger partial charge in [0.05, 0.1) is 29.6 Å². The van der Waals surface area contributed by atoms with Gasteiger partial charge in [-0.1, -0.05) is 30.3 Å². The number of fused-ring (bicyclic) bond motifs is 1. The lowest BCUT2D eigenvalue weighted by Crippen LogP contribution is -2.27. The Bertz CT molecular complexity index is 1170. The molecule has 1 N–H and O–H groups in total. The van der Waals surface area contributed by atoms with Crippen molar-refractivity contribution in [2.45, 2.75) is 18.7 Å². The molecule has 8 heteroatoms. The second-order valence-electron chi connectivity index (χ2n) is 7.31. The molecule has 2 atom stereocenters. The molecule has 0 aliphatic carbocycles. The molecule has 4 rings (SSSR count).